The quantitative estimate of drug-likeness (QED) is 0.376. The second-order valence-corrected chi connectivity index (χ2v) is 2.34. The summed E-state index contributed by atoms with van der Waals surface area (Å²) in [4.78, 5) is 10.3. The van der Waals surface area contributed by atoms with Crippen LogP contribution < -0.4 is 0 Å². The summed E-state index contributed by atoms with van der Waals surface area (Å²) in [5.41, 5.74) is 0. The van der Waals surface area contributed by atoms with Gasteiger partial charge in [0.05, 0.1) is 46.1 Å². The fourth-order valence-electron chi connectivity index (χ4n) is 0.556. The van der Waals surface area contributed by atoms with E-state index in [1.807, 2.05) is 0 Å². The molecule has 6 heteroatoms. The Bertz CT molecular complexity index is 116. The Kier molecular flexibility index (Phi) is 17.6. The van der Waals surface area contributed by atoms with Gasteiger partial charge in [0, 0.05) is 0 Å². The molecule has 0 radical (unpaired) electrons. The lowest BCUT2D eigenvalue weighted by molar-refractivity contribution is -0.143. The van der Waals surface area contributed by atoms with Crippen LogP contribution in [0.1, 0.15) is 13.3 Å². The first-order chi connectivity index (χ1) is 7.22. The Hall–Kier alpha value is -0.690. The van der Waals surface area contributed by atoms with Gasteiger partial charge in [-0.3, -0.25) is 4.79 Å². The molecule has 0 aliphatic rings. The number of carbonyl (C=O) groups excluding carboxylic acids is 1. The highest BCUT2D eigenvalue weighted by atomic mass is 16.5. The van der Waals surface area contributed by atoms with Crippen molar-refractivity contribution in [3.8, 4) is 0 Å². The van der Waals surface area contributed by atoms with E-state index in [9.17, 15) is 4.79 Å². The third-order valence-corrected chi connectivity index (χ3v) is 1.09. The first-order valence-electron chi connectivity index (χ1n) is 4.78. The van der Waals surface area contributed by atoms with Crippen molar-refractivity contribution in [3.05, 3.63) is 0 Å². The van der Waals surface area contributed by atoms with Crippen molar-refractivity contribution in [1.29, 1.82) is 0 Å². The molecule has 0 fully saturated rings. The van der Waals surface area contributed by atoms with Crippen LogP contribution in [-0.4, -0.2) is 60.9 Å². The fraction of sp³-hybridized carbons (Fsp3) is 0.889. The summed E-state index contributed by atoms with van der Waals surface area (Å²) in [7, 11) is 0. The van der Waals surface area contributed by atoms with E-state index in [4.69, 9.17) is 15.3 Å². The van der Waals surface area contributed by atoms with Gasteiger partial charge in [-0.2, -0.15) is 0 Å². The van der Waals surface area contributed by atoms with Crippen LogP contribution in [0.5, 0.6) is 0 Å². The molecule has 3 N–H and O–H groups in total. The highest BCUT2D eigenvalue weighted by Gasteiger charge is 1.96. The minimum absolute atomic E-state index is 0.0278. The molecule has 6 nitrogen and oxygen atoms in total. The summed E-state index contributed by atoms with van der Waals surface area (Å²) >= 11 is 0. The van der Waals surface area contributed by atoms with Crippen molar-refractivity contribution in [1.82, 2.24) is 0 Å². The van der Waals surface area contributed by atoms with Crippen LogP contribution >= 0.6 is 0 Å². The van der Waals surface area contributed by atoms with Crippen molar-refractivity contribution in [2.24, 2.45) is 0 Å². The van der Waals surface area contributed by atoms with E-state index in [2.05, 4.69) is 9.47 Å². The van der Waals surface area contributed by atoms with Crippen LogP contribution in [0.3, 0.4) is 0 Å². The number of ether oxygens (including phenoxy) is 2. The number of rotatable bonds is 7. The van der Waals surface area contributed by atoms with E-state index in [1.165, 1.54) is 0 Å². The topological polar surface area (TPSA) is 96.2 Å². The van der Waals surface area contributed by atoms with Crippen LogP contribution in [-0.2, 0) is 14.3 Å². The van der Waals surface area contributed by atoms with Gasteiger partial charge in [0.25, 0.3) is 0 Å². The zero-order chi connectivity index (χ0) is 11.9. The Morgan fingerprint density at radius 1 is 1.07 bits per heavy atom. The molecular weight excluding hydrogens is 204 g/mol. The van der Waals surface area contributed by atoms with Crippen molar-refractivity contribution in [3.63, 3.8) is 0 Å². The Balaban J connectivity index is 0. The molecule has 0 aromatic rings. The van der Waals surface area contributed by atoms with Crippen molar-refractivity contribution < 1.29 is 29.6 Å². The largest absolute Gasteiger partial charge is 0.466 e. The second-order valence-electron chi connectivity index (χ2n) is 2.34. The van der Waals surface area contributed by atoms with Gasteiger partial charge in [-0.1, -0.05) is 0 Å². The number of hydrogen-bond acceptors (Lipinski definition) is 6. The van der Waals surface area contributed by atoms with E-state index >= 15 is 0 Å². The summed E-state index contributed by atoms with van der Waals surface area (Å²) in [6.45, 7) is 2.69. The first kappa shape index (κ1) is 16.7. The molecule has 0 aliphatic heterocycles. The number of aliphatic hydroxyl groups excluding tert-OH is 3. The molecular formula is C9H20O6. The van der Waals surface area contributed by atoms with Crippen molar-refractivity contribution in [2.45, 2.75) is 13.3 Å². The second kappa shape index (κ2) is 15.8. The molecule has 92 valence electrons. The smallest absolute Gasteiger partial charge is 0.308 e. The van der Waals surface area contributed by atoms with Gasteiger partial charge in [-0.25, -0.2) is 0 Å². The van der Waals surface area contributed by atoms with E-state index < -0.39 is 0 Å². The predicted octanol–water partition coefficient (Wildman–Crippen LogP) is -1.08. The molecule has 0 aliphatic carbocycles. The lowest BCUT2D eigenvalue weighted by Gasteiger charge is -1.96. The maximum atomic E-state index is 10.3. The van der Waals surface area contributed by atoms with Gasteiger partial charge < -0.3 is 24.8 Å². The molecule has 0 saturated heterocycles. The normalized spacial score (nSPS) is 9.07. The summed E-state index contributed by atoms with van der Waals surface area (Å²) in [5, 5.41) is 24.3. The van der Waals surface area contributed by atoms with Gasteiger partial charge in [0.15, 0.2) is 0 Å². The van der Waals surface area contributed by atoms with Crippen LogP contribution in [0.4, 0.5) is 0 Å². The van der Waals surface area contributed by atoms with Gasteiger partial charge in [0.2, 0.25) is 0 Å². The SMILES string of the molecule is CCOC(=O)CCO.OCCOCCO. The lowest BCUT2D eigenvalue weighted by atomic mass is 10.5. The zero-order valence-corrected chi connectivity index (χ0v) is 9.02. The molecule has 0 saturated carbocycles. The van der Waals surface area contributed by atoms with Gasteiger partial charge in [0.1, 0.15) is 0 Å². The summed E-state index contributed by atoms with van der Waals surface area (Å²) in [6.07, 6.45) is 0.105. The summed E-state index contributed by atoms with van der Waals surface area (Å²) < 4.78 is 9.12. The molecule has 0 atom stereocenters. The molecule has 0 rings (SSSR count). The predicted molar refractivity (Wildman–Crippen MR) is 53.3 cm³/mol. The molecule has 0 aromatic heterocycles. The summed E-state index contributed by atoms with van der Waals surface area (Å²) in [5.74, 6) is -0.338. The molecule has 0 aromatic carbocycles. The highest BCUT2D eigenvalue weighted by molar-refractivity contribution is 5.69. The first-order valence-corrected chi connectivity index (χ1v) is 4.78. The Morgan fingerprint density at radius 2 is 1.60 bits per heavy atom. The molecule has 0 bridgehead atoms. The third kappa shape index (κ3) is 19.6. The van der Waals surface area contributed by atoms with Crippen LogP contribution in [0.2, 0.25) is 0 Å². The number of hydrogen-bond donors (Lipinski definition) is 3. The van der Waals surface area contributed by atoms with Gasteiger partial charge >= 0.3 is 5.97 Å². The minimum atomic E-state index is -0.338. The number of esters is 1. The average molecular weight is 224 g/mol. The molecule has 15 heavy (non-hydrogen) atoms. The molecule has 0 spiro atoms. The van der Waals surface area contributed by atoms with Crippen LogP contribution in [0.25, 0.3) is 0 Å². The Morgan fingerprint density at radius 3 is 1.93 bits per heavy atom. The van der Waals surface area contributed by atoms with E-state index in [0.29, 0.717) is 19.8 Å². The van der Waals surface area contributed by atoms with Crippen molar-refractivity contribution >= 4 is 5.97 Å². The molecule has 0 unspecified atom stereocenters. The molecule has 0 heterocycles. The minimum Gasteiger partial charge on any atom is -0.466 e. The lowest BCUT2D eigenvalue weighted by Crippen LogP contribution is -2.05. The maximum Gasteiger partial charge on any atom is 0.308 e. The third-order valence-electron chi connectivity index (χ3n) is 1.09. The highest BCUT2D eigenvalue weighted by Crippen LogP contribution is 1.82. The molecule has 0 amide bonds. The van der Waals surface area contributed by atoms with E-state index in [0.717, 1.165) is 0 Å². The van der Waals surface area contributed by atoms with Gasteiger partial charge in [-0.15, -0.1) is 0 Å². The van der Waals surface area contributed by atoms with Crippen LogP contribution in [0, 0.1) is 0 Å². The standard InChI is InChI=1S/C5H10O3.C4H10O3/c1-2-8-5(7)3-4-6;5-1-3-7-4-2-6/h6H,2-4H2,1H3;5-6H,1-4H2. The zero-order valence-electron chi connectivity index (χ0n) is 9.02. The fourth-order valence-corrected chi connectivity index (χ4v) is 0.556. The number of aliphatic hydroxyl groups is 3. The van der Waals surface area contributed by atoms with Crippen molar-refractivity contribution in [2.75, 3.05) is 39.6 Å². The van der Waals surface area contributed by atoms with Crippen LogP contribution in [0.15, 0.2) is 0 Å². The van der Waals surface area contributed by atoms with E-state index in [1.54, 1.807) is 6.92 Å². The van der Waals surface area contributed by atoms with Gasteiger partial charge in [-0.05, 0) is 6.92 Å². The monoisotopic (exact) mass is 224 g/mol. The summed E-state index contributed by atoms with van der Waals surface area (Å²) in [6, 6.07) is 0. The number of carbonyl (C=O) groups is 1. The average Bonchev–Trinajstić information content (AvgIpc) is 2.20. The maximum absolute atomic E-state index is 10.3. The Labute approximate surface area is 89.4 Å². The van der Waals surface area contributed by atoms with E-state index in [-0.39, 0.29) is 32.2 Å².